The molecule has 4 aromatic carbocycles. The highest BCUT2D eigenvalue weighted by Gasteiger charge is 2.54. The Morgan fingerprint density at radius 2 is 1.20 bits per heavy atom. The number of rotatable bonds is 7. The molecule has 10 heteroatoms. The second-order valence-corrected chi connectivity index (χ2v) is 16.5. The summed E-state index contributed by atoms with van der Waals surface area (Å²) in [5.41, 5.74) is 4.36. The summed E-state index contributed by atoms with van der Waals surface area (Å²) in [5.74, 6) is -1.00. The number of piperidine rings is 2. The average Bonchev–Trinajstić information content (AvgIpc) is 3.05. The van der Waals surface area contributed by atoms with Crippen molar-refractivity contribution in [2.45, 2.75) is 68.0 Å². The van der Waals surface area contributed by atoms with Crippen molar-refractivity contribution in [3.63, 3.8) is 0 Å². The fraction of sp³-hybridized carbons (Fsp3) is 0.306. The molecule has 4 aromatic rings. The molecule has 0 aliphatic carbocycles. The van der Waals surface area contributed by atoms with Gasteiger partial charge >= 0.3 is 0 Å². The van der Waals surface area contributed by atoms with E-state index in [-0.39, 0.29) is 35.0 Å². The Bertz CT molecular complexity index is 1950. The molecule has 240 valence electrons. The number of carbonyl (C=O) groups excluding carboxylic acids is 1. The summed E-state index contributed by atoms with van der Waals surface area (Å²) in [5, 5.41) is 0.498. The van der Waals surface area contributed by atoms with Crippen LogP contribution in [0.5, 0.6) is 0 Å². The lowest BCUT2D eigenvalue weighted by Gasteiger charge is -2.51. The number of sulfonamides is 2. The number of nitrogens with zero attached hydrogens (tertiary/aromatic N) is 2. The number of hydrogen-bond acceptors (Lipinski definition) is 5. The van der Waals surface area contributed by atoms with Gasteiger partial charge < -0.3 is 0 Å². The second kappa shape index (κ2) is 12.7. The SMILES string of the molecule is CCc1ccc([C@@H]2CC(=O)[C@@H]3CN(S(=O)(=O)c4ccc(C)cc4)[C@H](c4ccc(Cl)cc4)C[C@@H]3N2S(=O)(=O)c2ccc(C)cc2)cc1. The monoisotopic (exact) mass is 676 g/mol. The van der Waals surface area contributed by atoms with Gasteiger partial charge in [-0.3, -0.25) is 4.79 Å². The Morgan fingerprint density at radius 1 is 0.696 bits per heavy atom. The topological polar surface area (TPSA) is 91.8 Å². The second-order valence-electron chi connectivity index (χ2n) is 12.3. The Labute approximate surface area is 276 Å². The minimum absolute atomic E-state index is 0.0538. The van der Waals surface area contributed by atoms with E-state index in [1.807, 2.05) is 45.0 Å². The fourth-order valence-corrected chi connectivity index (χ4v) is 10.4. The standard InChI is InChI=1S/C36H37ClN2O5S2/c1-4-26-9-11-28(12-10-26)34-22-36(40)32-23-38(45(41,42)30-17-5-24(2)6-18-30)33(27-13-15-29(37)16-14-27)21-35(32)39(34)46(43,44)31-19-7-25(3)8-20-31/h5-20,32-35H,4,21-23H2,1-3H3/t32-,33+,34+,35+/m1/s1. The molecular weight excluding hydrogens is 640 g/mol. The fourth-order valence-electron chi connectivity index (χ4n) is 6.73. The lowest BCUT2D eigenvalue weighted by atomic mass is 9.77. The molecule has 0 N–H and O–H groups in total. The van der Waals surface area contributed by atoms with Crippen LogP contribution in [0.4, 0.5) is 0 Å². The molecule has 2 saturated heterocycles. The van der Waals surface area contributed by atoms with Crippen LogP contribution in [0.3, 0.4) is 0 Å². The summed E-state index contributed by atoms with van der Waals surface area (Å²) in [4.78, 5) is 14.3. The van der Waals surface area contributed by atoms with E-state index in [1.54, 1.807) is 72.8 Å². The first kappa shape index (κ1) is 32.6. The van der Waals surface area contributed by atoms with Crippen LogP contribution in [0.15, 0.2) is 107 Å². The van der Waals surface area contributed by atoms with Gasteiger partial charge in [0.05, 0.1) is 21.9 Å². The third kappa shape index (κ3) is 6.07. The molecule has 0 bridgehead atoms. The van der Waals surface area contributed by atoms with E-state index >= 15 is 0 Å². The first-order chi connectivity index (χ1) is 21.9. The van der Waals surface area contributed by atoms with E-state index in [4.69, 9.17) is 11.6 Å². The molecular formula is C36H37ClN2O5S2. The molecule has 4 atom stereocenters. The van der Waals surface area contributed by atoms with Crippen LogP contribution in [0, 0.1) is 19.8 Å². The third-order valence-corrected chi connectivity index (χ3v) is 13.4. The number of ketones is 1. The number of fused-ring (bicyclic) bond motifs is 1. The normalized spacial score (nSPS) is 22.8. The molecule has 2 aliphatic rings. The quantitative estimate of drug-likeness (QED) is 0.209. The van der Waals surface area contributed by atoms with Crippen LogP contribution in [-0.4, -0.2) is 43.8 Å². The molecule has 46 heavy (non-hydrogen) atoms. The molecule has 0 radical (unpaired) electrons. The van der Waals surface area contributed by atoms with Crippen molar-refractivity contribution in [3.8, 4) is 0 Å². The summed E-state index contributed by atoms with van der Waals surface area (Å²) < 4.78 is 60.7. The van der Waals surface area contributed by atoms with Crippen LogP contribution in [0.2, 0.25) is 5.02 Å². The van der Waals surface area contributed by atoms with Crippen LogP contribution >= 0.6 is 11.6 Å². The van der Waals surface area contributed by atoms with E-state index in [0.29, 0.717) is 10.6 Å². The molecule has 0 amide bonds. The Kier molecular flexibility index (Phi) is 8.99. The lowest BCUT2D eigenvalue weighted by molar-refractivity contribution is -0.132. The first-order valence-electron chi connectivity index (χ1n) is 15.5. The molecule has 0 unspecified atom stereocenters. The van der Waals surface area contributed by atoms with Gasteiger partial charge in [-0.05, 0) is 79.8 Å². The van der Waals surface area contributed by atoms with Gasteiger partial charge in [0.2, 0.25) is 20.0 Å². The van der Waals surface area contributed by atoms with E-state index in [1.165, 1.54) is 8.61 Å². The van der Waals surface area contributed by atoms with Gasteiger partial charge in [0.25, 0.3) is 0 Å². The van der Waals surface area contributed by atoms with Crippen LogP contribution in [0.25, 0.3) is 0 Å². The molecule has 7 nitrogen and oxygen atoms in total. The average molecular weight is 677 g/mol. The van der Waals surface area contributed by atoms with Gasteiger partial charge in [-0.25, -0.2) is 16.8 Å². The van der Waals surface area contributed by atoms with Gasteiger partial charge in [-0.1, -0.05) is 90.3 Å². The predicted molar refractivity (Wildman–Crippen MR) is 180 cm³/mol. The van der Waals surface area contributed by atoms with Crippen LogP contribution < -0.4 is 0 Å². The highest BCUT2D eigenvalue weighted by molar-refractivity contribution is 7.89. The van der Waals surface area contributed by atoms with Gasteiger partial charge in [0.1, 0.15) is 5.78 Å². The molecule has 2 heterocycles. The number of carbonyl (C=O) groups is 1. The zero-order chi connectivity index (χ0) is 32.8. The van der Waals surface area contributed by atoms with Crippen LogP contribution in [0.1, 0.15) is 59.7 Å². The molecule has 0 saturated carbocycles. The number of hydrogen-bond donors (Lipinski definition) is 0. The van der Waals surface area contributed by atoms with Crippen molar-refractivity contribution in [2.75, 3.05) is 6.54 Å². The maximum atomic E-state index is 14.7. The van der Waals surface area contributed by atoms with Crippen molar-refractivity contribution in [1.82, 2.24) is 8.61 Å². The minimum atomic E-state index is -4.12. The van der Waals surface area contributed by atoms with Gasteiger partial charge in [-0.2, -0.15) is 8.61 Å². The van der Waals surface area contributed by atoms with Crippen molar-refractivity contribution < 1.29 is 21.6 Å². The summed E-state index contributed by atoms with van der Waals surface area (Å²) in [6.45, 7) is 5.68. The molecule has 0 spiro atoms. The maximum absolute atomic E-state index is 14.7. The highest BCUT2D eigenvalue weighted by atomic mass is 35.5. The van der Waals surface area contributed by atoms with Crippen molar-refractivity contribution in [1.29, 1.82) is 0 Å². The zero-order valence-electron chi connectivity index (χ0n) is 26.0. The number of Topliss-reactive ketones (excluding diaryl/α,β-unsaturated/α-hetero) is 1. The summed E-state index contributed by atoms with van der Waals surface area (Å²) >= 11 is 6.22. The maximum Gasteiger partial charge on any atom is 0.243 e. The van der Waals surface area contributed by atoms with E-state index in [0.717, 1.165) is 28.7 Å². The third-order valence-electron chi connectivity index (χ3n) is 9.35. The summed E-state index contributed by atoms with van der Waals surface area (Å²) in [7, 11) is -8.18. The van der Waals surface area contributed by atoms with E-state index < -0.39 is 44.1 Å². The van der Waals surface area contributed by atoms with Crippen molar-refractivity contribution >= 4 is 37.4 Å². The first-order valence-corrected chi connectivity index (χ1v) is 18.7. The smallest absolute Gasteiger partial charge is 0.243 e. The summed E-state index contributed by atoms with van der Waals surface area (Å²) in [6, 6.07) is 25.8. The van der Waals surface area contributed by atoms with Crippen molar-refractivity contribution in [3.05, 3.63) is 130 Å². The Morgan fingerprint density at radius 3 is 1.74 bits per heavy atom. The predicted octanol–water partition coefficient (Wildman–Crippen LogP) is 7.04. The highest BCUT2D eigenvalue weighted by Crippen LogP contribution is 2.48. The number of aryl methyl sites for hydroxylation is 3. The minimum Gasteiger partial charge on any atom is -0.299 e. The van der Waals surface area contributed by atoms with Crippen molar-refractivity contribution in [2.24, 2.45) is 5.92 Å². The van der Waals surface area contributed by atoms with Gasteiger partial charge in [0, 0.05) is 29.9 Å². The molecule has 0 aromatic heterocycles. The lowest BCUT2D eigenvalue weighted by Crippen LogP contribution is -2.60. The number of halogens is 1. The van der Waals surface area contributed by atoms with Crippen LogP contribution in [-0.2, 0) is 31.3 Å². The number of benzene rings is 4. The Balaban J connectivity index is 1.50. The van der Waals surface area contributed by atoms with Gasteiger partial charge in [-0.15, -0.1) is 0 Å². The molecule has 2 fully saturated rings. The van der Waals surface area contributed by atoms with E-state index in [2.05, 4.69) is 0 Å². The zero-order valence-corrected chi connectivity index (χ0v) is 28.4. The van der Waals surface area contributed by atoms with E-state index in [9.17, 15) is 21.6 Å². The largest absolute Gasteiger partial charge is 0.299 e. The Hall–Kier alpha value is -3.34. The van der Waals surface area contributed by atoms with Gasteiger partial charge in [0.15, 0.2) is 0 Å². The molecule has 2 aliphatic heterocycles. The summed E-state index contributed by atoms with van der Waals surface area (Å²) in [6.07, 6.45) is 0.869. The molecule has 6 rings (SSSR count).